The second kappa shape index (κ2) is 10.4. The fraction of sp³-hybridized carbons (Fsp3) is 0.227. The largest absolute Gasteiger partial charge is 0.493 e. The Bertz CT molecular complexity index is 1170. The highest BCUT2D eigenvalue weighted by atomic mass is 19.1. The van der Waals surface area contributed by atoms with E-state index in [9.17, 15) is 18.4 Å². The van der Waals surface area contributed by atoms with E-state index in [1.54, 1.807) is 24.3 Å². The van der Waals surface area contributed by atoms with E-state index in [2.05, 4.69) is 10.4 Å². The Labute approximate surface area is 182 Å². The van der Waals surface area contributed by atoms with Crippen molar-refractivity contribution in [3.63, 3.8) is 0 Å². The number of methoxy groups -OCH3 is 2. The fourth-order valence-corrected chi connectivity index (χ4v) is 2.85. The molecule has 0 saturated heterocycles. The molecule has 0 aliphatic rings. The normalized spacial score (nSPS) is 10.5. The number of carbonyl (C=O) groups is 1. The SMILES string of the molecule is COc1ccc(-c2ccc(=O)n(CCNC(=O)COc3ccc(F)cc3F)n2)cc1OC. The Morgan fingerprint density at radius 3 is 2.47 bits per heavy atom. The first kappa shape index (κ1) is 22.7. The van der Waals surface area contributed by atoms with Crippen molar-refractivity contribution in [1.29, 1.82) is 0 Å². The quantitative estimate of drug-likeness (QED) is 0.544. The molecule has 0 spiro atoms. The predicted octanol–water partition coefficient (Wildman–Crippen LogP) is 2.40. The molecule has 0 bridgehead atoms. The van der Waals surface area contributed by atoms with E-state index in [1.807, 2.05) is 0 Å². The van der Waals surface area contributed by atoms with Crippen LogP contribution in [0.1, 0.15) is 0 Å². The van der Waals surface area contributed by atoms with E-state index in [4.69, 9.17) is 14.2 Å². The molecule has 0 fully saturated rings. The minimum atomic E-state index is -0.902. The number of nitrogens with zero attached hydrogens (tertiary/aromatic N) is 2. The predicted molar refractivity (Wildman–Crippen MR) is 112 cm³/mol. The summed E-state index contributed by atoms with van der Waals surface area (Å²) in [6.45, 7) is -0.260. The van der Waals surface area contributed by atoms with Crippen LogP contribution in [-0.2, 0) is 11.3 Å². The molecule has 0 radical (unpaired) electrons. The second-order valence-corrected chi connectivity index (χ2v) is 6.56. The number of halogens is 2. The van der Waals surface area contributed by atoms with Gasteiger partial charge in [-0.1, -0.05) is 0 Å². The number of hydrogen-bond donors (Lipinski definition) is 1. The van der Waals surface area contributed by atoms with Crippen LogP contribution in [0.3, 0.4) is 0 Å². The Kier molecular flexibility index (Phi) is 7.37. The van der Waals surface area contributed by atoms with Crippen molar-refractivity contribution < 1.29 is 27.8 Å². The van der Waals surface area contributed by atoms with Gasteiger partial charge >= 0.3 is 0 Å². The lowest BCUT2D eigenvalue weighted by Gasteiger charge is -2.11. The number of amides is 1. The fourth-order valence-electron chi connectivity index (χ4n) is 2.85. The Morgan fingerprint density at radius 1 is 1.00 bits per heavy atom. The third-order valence-electron chi connectivity index (χ3n) is 4.44. The van der Waals surface area contributed by atoms with Crippen molar-refractivity contribution in [3.8, 4) is 28.5 Å². The molecular weight excluding hydrogens is 424 g/mol. The van der Waals surface area contributed by atoms with Crippen LogP contribution < -0.4 is 25.1 Å². The molecule has 0 aliphatic carbocycles. The van der Waals surface area contributed by atoms with Gasteiger partial charge in [0, 0.05) is 24.2 Å². The minimum Gasteiger partial charge on any atom is -0.493 e. The van der Waals surface area contributed by atoms with Crippen molar-refractivity contribution in [1.82, 2.24) is 15.1 Å². The van der Waals surface area contributed by atoms with Gasteiger partial charge in [-0.25, -0.2) is 13.5 Å². The first-order valence-corrected chi connectivity index (χ1v) is 9.56. The molecule has 168 valence electrons. The van der Waals surface area contributed by atoms with Crippen LogP contribution in [0, 0.1) is 11.6 Å². The molecule has 2 aromatic carbocycles. The van der Waals surface area contributed by atoms with Crippen LogP contribution >= 0.6 is 0 Å². The van der Waals surface area contributed by atoms with Gasteiger partial charge in [0.2, 0.25) is 0 Å². The summed E-state index contributed by atoms with van der Waals surface area (Å²) in [5.74, 6) is -1.32. The molecule has 3 aromatic rings. The molecule has 0 atom stereocenters. The lowest BCUT2D eigenvalue weighted by molar-refractivity contribution is -0.123. The number of benzene rings is 2. The average molecular weight is 445 g/mol. The molecule has 1 amide bonds. The Morgan fingerprint density at radius 2 is 1.75 bits per heavy atom. The molecule has 0 unspecified atom stereocenters. The van der Waals surface area contributed by atoms with E-state index in [0.717, 1.165) is 17.7 Å². The number of nitrogens with one attached hydrogen (secondary N) is 1. The maximum Gasteiger partial charge on any atom is 0.266 e. The zero-order chi connectivity index (χ0) is 23.1. The molecule has 1 N–H and O–H groups in total. The van der Waals surface area contributed by atoms with Gasteiger partial charge in [-0.2, -0.15) is 5.10 Å². The maximum absolute atomic E-state index is 13.5. The smallest absolute Gasteiger partial charge is 0.266 e. The summed E-state index contributed by atoms with van der Waals surface area (Å²) >= 11 is 0. The third kappa shape index (κ3) is 5.60. The van der Waals surface area contributed by atoms with E-state index < -0.39 is 24.1 Å². The van der Waals surface area contributed by atoms with E-state index in [-0.39, 0.29) is 24.4 Å². The van der Waals surface area contributed by atoms with Crippen LogP contribution in [0.5, 0.6) is 17.2 Å². The van der Waals surface area contributed by atoms with Gasteiger partial charge in [-0.15, -0.1) is 0 Å². The number of carbonyl (C=O) groups excluding carboxylic acids is 1. The van der Waals surface area contributed by atoms with Crippen molar-refractivity contribution in [2.75, 3.05) is 27.4 Å². The lowest BCUT2D eigenvalue weighted by Crippen LogP contribution is -2.34. The van der Waals surface area contributed by atoms with Crippen LogP contribution in [0.2, 0.25) is 0 Å². The van der Waals surface area contributed by atoms with E-state index >= 15 is 0 Å². The van der Waals surface area contributed by atoms with Crippen LogP contribution in [-0.4, -0.2) is 43.1 Å². The Balaban J connectivity index is 1.59. The molecule has 1 aromatic heterocycles. The summed E-state index contributed by atoms with van der Waals surface area (Å²) in [5, 5.41) is 6.88. The molecule has 32 heavy (non-hydrogen) atoms. The van der Waals surface area contributed by atoms with E-state index in [1.165, 1.54) is 25.0 Å². The maximum atomic E-state index is 13.5. The molecule has 0 saturated carbocycles. The first-order valence-electron chi connectivity index (χ1n) is 9.56. The zero-order valence-electron chi connectivity index (χ0n) is 17.4. The summed E-state index contributed by atoms with van der Waals surface area (Å²) in [6, 6.07) is 11.0. The summed E-state index contributed by atoms with van der Waals surface area (Å²) in [7, 11) is 3.05. The Hall–Kier alpha value is -3.95. The van der Waals surface area contributed by atoms with Crippen LogP contribution in [0.15, 0.2) is 53.3 Å². The van der Waals surface area contributed by atoms with Gasteiger partial charge in [0.05, 0.1) is 26.5 Å². The molecule has 8 nitrogen and oxygen atoms in total. The number of ether oxygens (including phenoxy) is 3. The standard InChI is InChI=1S/C22H21F2N3O5/c1-30-19-6-3-14(11-20(19)31-2)17-5-8-22(29)27(26-17)10-9-25-21(28)13-32-18-7-4-15(23)12-16(18)24/h3-8,11-12H,9-10,13H2,1-2H3,(H,25,28). The average Bonchev–Trinajstić information content (AvgIpc) is 2.79. The summed E-state index contributed by atoms with van der Waals surface area (Å²) in [4.78, 5) is 24.0. The summed E-state index contributed by atoms with van der Waals surface area (Å²) in [5.41, 5.74) is 0.912. The van der Waals surface area contributed by atoms with Gasteiger partial charge < -0.3 is 19.5 Å². The second-order valence-electron chi connectivity index (χ2n) is 6.56. The third-order valence-corrected chi connectivity index (χ3v) is 4.44. The van der Waals surface area contributed by atoms with Gasteiger partial charge in [0.25, 0.3) is 11.5 Å². The molecular formula is C22H21F2N3O5. The van der Waals surface area contributed by atoms with Gasteiger partial charge in [0.15, 0.2) is 29.7 Å². The number of hydrogen-bond acceptors (Lipinski definition) is 6. The van der Waals surface area contributed by atoms with Gasteiger partial charge in [0.1, 0.15) is 5.82 Å². The number of aromatic nitrogens is 2. The summed E-state index contributed by atoms with van der Waals surface area (Å²) in [6.07, 6.45) is 0. The number of rotatable bonds is 9. The first-order chi connectivity index (χ1) is 15.4. The molecule has 1 heterocycles. The topological polar surface area (TPSA) is 91.7 Å². The van der Waals surface area contributed by atoms with Gasteiger partial charge in [-0.05, 0) is 36.4 Å². The monoisotopic (exact) mass is 445 g/mol. The van der Waals surface area contributed by atoms with Gasteiger partial charge in [-0.3, -0.25) is 9.59 Å². The van der Waals surface area contributed by atoms with Crippen molar-refractivity contribution in [2.24, 2.45) is 0 Å². The van der Waals surface area contributed by atoms with Crippen molar-refractivity contribution in [2.45, 2.75) is 6.54 Å². The van der Waals surface area contributed by atoms with Crippen molar-refractivity contribution in [3.05, 3.63) is 70.5 Å². The zero-order valence-corrected chi connectivity index (χ0v) is 17.4. The van der Waals surface area contributed by atoms with Crippen molar-refractivity contribution >= 4 is 5.91 Å². The van der Waals surface area contributed by atoms with Crippen LogP contribution in [0.25, 0.3) is 11.3 Å². The van der Waals surface area contributed by atoms with E-state index in [0.29, 0.717) is 23.3 Å². The molecule has 0 aliphatic heterocycles. The lowest BCUT2D eigenvalue weighted by atomic mass is 10.1. The highest BCUT2D eigenvalue weighted by molar-refractivity contribution is 5.77. The van der Waals surface area contributed by atoms with Crippen LogP contribution in [0.4, 0.5) is 8.78 Å². The minimum absolute atomic E-state index is 0.0936. The highest BCUT2D eigenvalue weighted by Gasteiger charge is 2.10. The molecule has 10 heteroatoms. The highest BCUT2D eigenvalue weighted by Crippen LogP contribution is 2.31. The molecule has 3 rings (SSSR count). The summed E-state index contributed by atoms with van der Waals surface area (Å²) < 4.78 is 43.2.